The van der Waals surface area contributed by atoms with Crippen molar-refractivity contribution in [2.75, 3.05) is 0 Å². The second kappa shape index (κ2) is 2.84. The second-order valence-electron chi connectivity index (χ2n) is 2.69. The van der Waals surface area contributed by atoms with Crippen LogP contribution in [-0.4, -0.2) is 24.7 Å². The Morgan fingerprint density at radius 2 is 1.40 bits per heavy atom. The summed E-state index contributed by atoms with van der Waals surface area (Å²) in [7, 11) is 0. The van der Waals surface area contributed by atoms with Gasteiger partial charge in [0.2, 0.25) is 0 Å². The highest BCUT2D eigenvalue weighted by molar-refractivity contribution is 4.75. The van der Waals surface area contributed by atoms with Crippen molar-refractivity contribution in [1.29, 1.82) is 0 Å². The van der Waals surface area contributed by atoms with E-state index < -0.39 is 6.17 Å². The third-order valence-electron chi connectivity index (χ3n) is 1.71. The van der Waals surface area contributed by atoms with Crippen molar-refractivity contribution in [2.24, 2.45) is 0 Å². The van der Waals surface area contributed by atoms with Crippen molar-refractivity contribution in [3.05, 3.63) is 0 Å². The van der Waals surface area contributed by atoms with Crippen LogP contribution in [0, 0.1) is 0 Å². The minimum atomic E-state index is -0.990. The largest absolute Gasteiger partial charge is 0.347 e. The van der Waals surface area contributed by atoms with Crippen LogP contribution in [0.3, 0.4) is 0 Å². The van der Waals surface area contributed by atoms with E-state index in [1.165, 1.54) is 0 Å². The van der Waals surface area contributed by atoms with Crippen LogP contribution in [-0.2, 0) is 9.47 Å². The highest BCUT2D eigenvalue weighted by Gasteiger charge is 2.32. The van der Waals surface area contributed by atoms with Crippen LogP contribution in [0.5, 0.6) is 0 Å². The molecule has 2 nitrogen and oxygen atoms in total. The summed E-state index contributed by atoms with van der Waals surface area (Å²) in [5.41, 5.74) is 0. The quantitative estimate of drug-likeness (QED) is 0.518. The van der Waals surface area contributed by atoms with E-state index in [-0.39, 0.29) is 18.5 Å². The van der Waals surface area contributed by atoms with Gasteiger partial charge in [-0.05, 0) is 20.8 Å². The number of rotatable bonds is 0. The minimum absolute atomic E-state index is 0.267. The molecule has 1 aliphatic heterocycles. The summed E-state index contributed by atoms with van der Waals surface area (Å²) in [6, 6.07) is 0. The number of halogens is 1. The van der Waals surface area contributed by atoms with Gasteiger partial charge in [0.25, 0.3) is 0 Å². The van der Waals surface area contributed by atoms with Crippen LogP contribution in [0.2, 0.25) is 0 Å². The Labute approximate surface area is 60.3 Å². The maximum atomic E-state index is 12.9. The van der Waals surface area contributed by atoms with Crippen molar-refractivity contribution in [3.63, 3.8) is 0 Å². The first-order valence-electron chi connectivity index (χ1n) is 3.56. The molecule has 1 aliphatic rings. The first kappa shape index (κ1) is 7.95. The number of hydrogen-bond acceptors (Lipinski definition) is 2. The van der Waals surface area contributed by atoms with Crippen molar-refractivity contribution in [2.45, 2.75) is 45.4 Å². The summed E-state index contributed by atoms with van der Waals surface area (Å²) in [5, 5.41) is 0. The summed E-state index contributed by atoms with van der Waals surface area (Å²) < 4.78 is 23.0. The summed E-state index contributed by atoms with van der Waals surface area (Å²) in [6.45, 7) is 5.22. The van der Waals surface area contributed by atoms with Gasteiger partial charge in [-0.25, -0.2) is 4.39 Å². The molecule has 60 valence electrons. The minimum Gasteiger partial charge on any atom is -0.347 e. The molecule has 0 amide bonds. The SMILES string of the molecule is CC1OC(C)C(F)C(C)O1. The first-order valence-corrected chi connectivity index (χ1v) is 3.56. The van der Waals surface area contributed by atoms with Gasteiger partial charge >= 0.3 is 0 Å². The number of hydrogen-bond donors (Lipinski definition) is 0. The third kappa shape index (κ3) is 1.47. The topological polar surface area (TPSA) is 18.5 Å². The Morgan fingerprint density at radius 1 is 1.00 bits per heavy atom. The van der Waals surface area contributed by atoms with E-state index in [1.807, 2.05) is 0 Å². The van der Waals surface area contributed by atoms with Gasteiger partial charge in [-0.1, -0.05) is 0 Å². The zero-order chi connectivity index (χ0) is 7.72. The molecular formula is C7H13FO2. The normalized spacial score (nSPS) is 49.2. The molecule has 1 saturated heterocycles. The van der Waals surface area contributed by atoms with Gasteiger partial charge in [-0.3, -0.25) is 0 Å². The van der Waals surface area contributed by atoms with Crippen molar-refractivity contribution in [3.8, 4) is 0 Å². The molecule has 0 radical (unpaired) electrons. The molecule has 0 bridgehead atoms. The van der Waals surface area contributed by atoms with Crippen molar-refractivity contribution in [1.82, 2.24) is 0 Å². The Bertz CT molecular complexity index is 106. The standard InChI is InChI=1S/C7H13FO2/c1-4-7(8)5(2)10-6(3)9-4/h4-7H,1-3H3. The average molecular weight is 148 g/mol. The Morgan fingerprint density at radius 3 is 1.80 bits per heavy atom. The van der Waals surface area contributed by atoms with E-state index in [2.05, 4.69) is 0 Å². The van der Waals surface area contributed by atoms with Crippen LogP contribution in [0.4, 0.5) is 4.39 Å². The molecule has 10 heavy (non-hydrogen) atoms. The lowest BCUT2D eigenvalue weighted by atomic mass is 10.1. The zero-order valence-corrected chi connectivity index (χ0v) is 6.50. The molecular weight excluding hydrogens is 135 g/mol. The van der Waals surface area contributed by atoms with Gasteiger partial charge in [-0.2, -0.15) is 0 Å². The fraction of sp³-hybridized carbons (Fsp3) is 1.00. The average Bonchev–Trinajstić information content (AvgIpc) is 1.82. The lowest BCUT2D eigenvalue weighted by molar-refractivity contribution is -0.253. The van der Waals surface area contributed by atoms with Crippen LogP contribution in [0.15, 0.2) is 0 Å². The Hall–Kier alpha value is -0.150. The molecule has 3 heteroatoms. The van der Waals surface area contributed by atoms with Crippen LogP contribution < -0.4 is 0 Å². The molecule has 0 N–H and O–H groups in total. The van der Waals surface area contributed by atoms with E-state index in [0.717, 1.165) is 0 Å². The van der Waals surface area contributed by atoms with Gasteiger partial charge in [-0.15, -0.1) is 0 Å². The molecule has 1 fully saturated rings. The van der Waals surface area contributed by atoms with Crippen LogP contribution in [0.1, 0.15) is 20.8 Å². The van der Waals surface area contributed by atoms with Gasteiger partial charge in [0.15, 0.2) is 12.5 Å². The molecule has 0 aliphatic carbocycles. The maximum absolute atomic E-state index is 12.9. The van der Waals surface area contributed by atoms with E-state index in [1.54, 1.807) is 20.8 Å². The van der Waals surface area contributed by atoms with E-state index in [9.17, 15) is 4.39 Å². The highest BCUT2D eigenvalue weighted by Crippen LogP contribution is 2.20. The van der Waals surface area contributed by atoms with Gasteiger partial charge in [0.05, 0.1) is 12.2 Å². The molecule has 2 unspecified atom stereocenters. The van der Waals surface area contributed by atoms with E-state index in [4.69, 9.17) is 9.47 Å². The molecule has 0 aromatic carbocycles. The van der Waals surface area contributed by atoms with Crippen LogP contribution in [0.25, 0.3) is 0 Å². The smallest absolute Gasteiger partial charge is 0.155 e. The van der Waals surface area contributed by atoms with Gasteiger partial charge in [0, 0.05) is 0 Å². The Balaban J connectivity index is 2.49. The molecule has 0 spiro atoms. The molecule has 1 rings (SSSR count). The van der Waals surface area contributed by atoms with Crippen molar-refractivity contribution >= 4 is 0 Å². The summed E-state index contributed by atoms with van der Waals surface area (Å²) in [6.07, 6.45) is -1.93. The lowest BCUT2D eigenvalue weighted by Gasteiger charge is -2.33. The van der Waals surface area contributed by atoms with Gasteiger partial charge < -0.3 is 9.47 Å². The fourth-order valence-corrected chi connectivity index (χ4v) is 1.17. The van der Waals surface area contributed by atoms with E-state index >= 15 is 0 Å². The molecule has 2 atom stereocenters. The molecule has 1 heterocycles. The summed E-state index contributed by atoms with van der Waals surface area (Å²) in [5.74, 6) is 0. The highest BCUT2D eigenvalue weighted by atomic mass is 19.1. The zero-order valence-electron chi connectivity index (χ0n) is 6.50. The third-order valence-corrected chi connectivity index (χ3v) is 1.71. The first-order chi connectivity index (χ1) is 4.61. The lowest BCUT2D eigenvalue weighted by Crippen LogP contribution is -2.43. The summed E-state index contributed by atoms with van der Waals surface area (Å²) in [4.78, 5) is 0. The molecule has 0 saturated carbocycles. The number of alkyl halides is 1. The molecule has 0 aromatic heterocycles. The monoisotopic (exact) mass is 148 g/mol. The predicted octanol–water partition coefficient (Wildman–Crippen LogP) is 1.49. The van der Waals surface area contributed by atoms with Crippen LogP contribution >= 0.6 is 0 Å². The predicted molar refractivity (Wildman–Crippen MR) is 35.5 cm³/mol. The number of ether oxygens (including phenoxy) is 2. The maximum Gasteiger partial charge on any atom is 0.155 e. The molecule has 0 aromatic rings. The van der Waals surface area contributed by atoms with Gasteiger partial charge in [0.1, 0.15) is 0 Å². The fourth-order valence-electron chi connectivity index (χ4n) is 1.17. The second-order valence-corrected chi connectivity index (χ2v) is 2.69. The van der Waals surface area contributed by atoms with Crippen molar-refractivity contribution < 1.29 is 13.9 Å². The van der Waals surface area contributed by atoms with E-state index in [0.29, 0.717) is 0 Å². The Kier molecular flexibility index (Phi) is 2.26. The summed E-state index contributed by atoms with van der Waals surface area (Å²) >= 11 is 0.